The fourth-order valence-electron chi connectivity index (χ4n) is 5.66. The summed E-state index contributed by atoms with van der Waals surface area (Å²) in [5, 5.41) is 7.87. The standard InChI is InChI=1S/C29H33FN6O3/c1-15(2)26(30)16(3)33-28(39)23-10-29(6)11-24(29)36(23)25(38)14-35-22-8-7-19(20-12-31-18(5)32-13-20)9-21(22)27(34-35)17(4)37/h7-9,12-13,16,23-24H,10-11,14H2,1-6H3,(H,33,39)/t16-,23+,24?,29+/m1/s1. The monoisotopic (exact) mass is 532 g/mol. The van der Waals surface area contributed by atoms with Crippen LogP contribution in [-0.2, 0) is 16.1 Å². The molecule has 1 unspecified atom stereocenters. The van der Waals surface area contributed by atoms with Crippen LogP contribution in [0.15, 0.2) is 42.0 Å². The van der Waals surface area contributed by atoms with Gasteiger partial charge in [0, 0.05) is 36.3 Å². The highest BCUT2D eigenvalue weighted by Gasteiger charge is 2.64. The second kappa shape index (κ2) is 9.66. The van der Waals surface area contributed by atoms with Gasteiger partial charge in [0.05, 0.1) is 11.6 Å². The van der Waals surface area contributed by atoms with Crippen molar-refractivity contribution in [3.05, 3.63) is 53.5 Å². The number of amides is 2. The number of piperidine rings is 1. The molecule has 3 aromatic rings. The number of ketones is 1. The predicted octanol–water partition coefficient (Wildman–Crippen LogP) is 4.15. The third kappa shape index (κ3) is 4.84. The van der Waals surface area contributed by atoms with E-state index in [-0.39, 0.29) is 47.1 Å². The largest absolute Gasteiger partial charge is 0.345 e. The minimum atomic E-state index is -0.773. The van der Waals surface area contributed by atoms with Crippen molar-refractivity contribution in [2.45, 2.75) is 79.1 Å². The third-order valence-corrected chi connectivity index (χ3v) is 7.93. The second-order valence-electron chi connectivity index (χ2n) is 11.3. The first-order valence-corrected chi connectivity index (χ1v) is 13.1. The van der Waals surface area contributed by atoms with Crippen LogP contribution in [0.2, 0.25) is 0 Å². The molecule has 0 spiro atoms. The smallest absolute Gasteiger partial charge is 0.245 e. The van der Waals surface area contributed by atoms with Crippen LogP contribution in [0.4, 0.5) is 4.39 Å². The Labute approximate surface area is 226 Å². The number of aryl methyl sites for hydroxylation is 1. The van der Waals surface area contributed by atoms with Crippen molar-refractivity contribution in [3.63, 3.8) is 0 Å². The van der Waals surface area contributed by atoms with Crippen LogP contribution >= 0.6 is 0 Å². The third-order valence-electron chi connectivity index (χ3n) is 7.93. The predicted molar refractivity (Wildman–Crippen MR) is 144 cm³/mol. The lowest BCUT2D eigenvalue weighted by atomic mass is 10.0. The van der Waals surface area contributed by atoms with Crippen molar-refractivity contribution in [1.82, 2.24) is 30.0 Å². The fourth-order valence-corrected chi connectivity index (χ4v) is 5.66. The minimum absolute atomic E-state index is 0.0494. The van der Waals surface area contributed by atoms with Crippen LogP contribution < -0.4 is 5.32 Å². The molecule has 39 heavy (non-hydrogen) atoms. The summed E-state index contributed by atoms with van der Waals surface area (Å²) < 4.78 is 15.9. The van der Waals surface area contributed by atoms with Crippen LogP contribution in [0.5, 0.6) is 0 Å². The molecular formula is C29H33FN6O3. The molecule has 0 radical (unpaired) electrons. The van der Waals surface area contributed by atoms with Gasteiger partial charge in [-0.25, -0.2) is 14.4 Å². The summed E-state index contributed by atoms with van der Waals surface area (Å²) in [4.78, 5) is 49.5. The Morgan fingerprint density at radius 2 is 1.82 bits per heavy atom. The van der Waals surface area contributed by atoms with Crippen molar-refractivity contribution < 1.29 is 18.8 Å². The van der Waals surface area contributed by atoms with Gasteiger partial charge in [0.15, 0.2) is 5.78 Å². The van der Waals surface area contributed by atoms with Gasteiger partial charge >= 0.3 is 0 Å². The van der Waals surface area contributed by atoms with Crippen LogP contribution in [0.1, 0.15) is 63.8 Å². The summed E-state index contributed by atoms with van der Waals surface area (Å²) in [6, 6.07) is 4.06. The van der Waals surface area contributed by atoms with Gasteiger partial charge in [0.2, 0.25) is 11.8 Å². The molecule has 2 amide bonds. The van der Waals surface area contributed by atoms with E-state index in [0.717, 1.165) is 17.5 Å². The maximum Gasteiger partial charge on any atom is 0.245 e. The zero-order valence-electron chi connectivity index (χ0n) is 23.1. The van der Waals surface area contributed by atoms with Gasteiger partial charge in [-0.2, -0.15) is 5.10 Å². The summed E-state index contributed by atoms with van der Waals surface area (Å²) in [5.41, 5.74) is 2.92. The molecule has 204 valence electrons. The van der Waals surface area contributed by atoms with Gasteiger partial charge in [-0.05, 0) is 69.2 Å². The van der Waals surface area contributed by atoms with E-state index >= 15 is 0 Å². The number of nitrogens with one attached hydrogen (secondary N) is 1. The van der Waals surface area contributed by atoms with Gasteiger partial charge in [-0.15, -0.1) is 0 Å². The summed E-state index contributed by atoms with van der Waals surface area (Å²) in [5.74, 6) is -0.556. The average molecular weight is 533 g/mol. The summed E-state index contributed by atoms with van der Waals surface area (Å²) in [7, 11) is 0. The first kappa shape index (κ1) is 26.6. The number of nitrogens with zero attached hydrogens (tertiary/aromatic N) is 5. The molecule has 0 bridgehead atoms. The van der Waals surface area contributed by atoms with E-state index in [2.05, 4.69) is 27.3 Å². The van der Waals surface area contributed by atoms with Crippen LogP contribution in [-0.4, -0.2) is 60.4 Å². The summed E-state index contributed by atoms with van der Waals surface area (Å²) >= 11 is 0. The van der Waals surface area contributed by atoms with Crippen molar-refractivity contribution in [3.8, 4) is 11.1 Å². The molecule has 1 N–H and O–H groups in total. The number of halogens is 1. The van der Waals surface area contributed by atoms with E-state index in [1.54, 1.807) is 38.1 Å². The summed E-state index contributed by atoms with van der Waals surface area (Å²) in [6.45, 7) is 10.1. The number of rotatable bonds is 7. The highest BCUT2D eigenvalue weighted by atomic mass is 19.1. The van der Waals surface area contributed by atoms with Crippen molar-refractivity contribution in [2.24, 2.45) is 5.41 Å². The number of fused-ring (bicyclic) bond motifs is 2. The molecule has 10 heteroatoms. The first-order valence-electron chi connectivity index (χ1n) is 13.1. The number of aromatic nitrogens is 4. The van der Waals surface area contributed by atoms with Gasteiger partial charge in [0.1, 0.15) is 29.9 Å². The van der Waals surface area contributed by atoms with Gasteiger partial charge in [-0.3, -0.25) is 19.1 Å². The molecule has 9 nitrogen and oxygen atoms in total. The Kier molecular flexibility index (Phi) is 6.60. The SMILES string of the molecule is CC(=O)c1nn(CC(=O)N2C3C[C@]3(C)C[C@H]2C(=O)N[C@H](C)C(F)=C(C)C)c2ccc(-c3cnc(C)nc3)cc12. The molecule has 1 aliphatic heterocycles. The zero-order chi connectivity index (χ0) is 28.2. The van der Waals surface area contributed by atoms with E-state index in [1.807, 2.05) is 25.1 Å². The second-order valence-corrected chi connectivity index (χ2v) is 11.3. The lowest BCUT2D eigenvalue weighted by Gasteiger charge is -2.28. The lowest BCUT2D eigenvalue weighted by Crippen LogP contribution is -2.50. The fraction of sp³-hybridized carbons (Fsp3) is 0.448. The topological polar surface area (TPSA) is 110 Å². The number of hydrogen-bond acceptors (Lipinski definition) is 6. The van der Waals surface area contributed by atoms with Crippen LogP contribution in [0.3, 0.4) is 0 Å². The minimum Gasteiger partial charge on any atom is -0.345 e. The molecule has 1 aromatic carbocycles. The molecule has 5 rings (SSSR count). The van der Waals surface area contributed by atoms with E-state index in [0.29, 0.717) is 28.7 Å². The molecule has 1 saturated heterocycles. The van der Waals surface area contributed by atoms with Gasteiger partial charge < -0.3 is 10.2 Å². The number of hydrogen-bond donors (Lipinski definition) is 1. The first-order chi connectivity index (χ1) is 18.4. The molecule has 3 heterocycles. The Morgan fingerprint density at radius 3 is 2.46 bits per heavy atom. The molecule has 1 aliphatic carbocycles. The number of Topliss-reactive ketones (excluding diaryl/α,β-unsaturated/α-hetero) is 1. The zero-order valence-corrected chi connectivity index (χ0v) is 23.1. The molecule has 1 saturated carbocycles. The quantitative estimate of drug-likeness (QED) is 0.458. The maximum atomic E-state index is 14.4. The highest BCUT2D eigenvalue weighted by molar-refractivity contribution is 6.06. The molecule has 4 atom stereocenters. The molecule has 2 fully saturated rings. The van der Waals surface area contributed by atoms with E-state index in [1.165, 1.54) is 11.6 Å². The van der Waals surface area contributed by atoms with Gasteiger partial charge in [-0.1, -0.05) is 13.0 Å². The highest BCUT2D eigenvalue weighted by Crippen LogP contribution is 2.59. The molecule has 2 aliphatic rings. The Balaban J connectivity index is 1.42. The van der Waals surface area contributed by atoms with E-state index in [4.69, 9.17) is 0 Å². The number of carbonyl (C=O) groups excluding carboxylic acids is 3. The Bertz CT molecular complexity index is 1520. The van der Waals surface area contributed by atoms with Crippen LogP contribution in [0.25, 0.3) is 22.0 Å². The number of benzene rings is 1. The molecule has 2 aromatic heterocycles. The molecular weight excluding hydrogens is 499 g/mol. The Morgan fingerprint density at radius 1 is 1.13 bits per heavy atom. The van der Waals surface area contributed by atoms with Crippen molar-refractivity contribution >= 4 is 28.5 Å². The normalized spacial score (nSPS) is 22.4. The Hall–Kier alpha value is -3.95. The summed E-state index contributed by atoms with van der Waals surface area (Å²) in [6.07, 6.45) is 4.79. The average Bonchev–Trinajstić information content (AvgIpc) is 3.25. The van der Waals surface area contributed by atoms with E-state index < -0.39 is 12.1 Å². The van der Waals surface area contributed by atoms with Crippen LogP contribution in [0, 0.1) is 12.3 Å². The maximum absolute atomic E-state index is 14.4. The van der Waals surface area contributed by atoms with Gasteiger partial charge in [0.25, 0.3) is 0 Å². The van der Waals surface area contributed by atoms with Crippen molar-refractivity contribution in [2.75, 3.05) is 0 Å². The number of allylic oxidation sites excluding steroid dienone is 1. The number of likely N-dealkylation sites (tertiary alicyclic amines) is 1. The number of carbonyl (C=O) groups is 3. The van der Waals surface area contributed by atoms with Crippen molar-refractivity contribution in [1.29, 1.82) is 0 Å². The van der Waals surface area contributed by atoms with E-state index in [9.17, 15) is 18.8 Å². The lowest BCUT2D eigenvalue weighted by molar-refractivity contribution is -0.140.